The normalized spacial score (nSPS) is 16.9. The Hall–Kier alpha value is -1.16. The van der Waals surface area contributed by atoms with Crippen LogP contribution < -0.4 is 5.32 Å². The zero-order valence-corrected chi connectivity index (χ0v) is 9.93. The van der Waals surface area contributed by atoms with Gasteiger partial charge in [-0.2, -0.15) is 0 Å². The molecule has 0 saturated heterocycles. The molecule has 0 fully saturated rings. The highest BCUT2D eigenvalue weighted by Gasteiger charge is 2.12. The molecule has 0 radical (unpaired) electrons. The molecule has 0 aliphatic heterocycles. The van der Waals surface area contributed by atoms with Gasteiger partial charge in [0.05, 0.1) is 18.8 Å². The number of nitrogens with one attached hydrogen (secondary N) is 1. The lowest BCUT2D eigenvalue weighted by Gasteiger charge is -2.16. The molecule has 2 atom stereocenters. The molecular formula is C13H21NO2. The molecule has 0 saturated carbocycles. The molecule has 3 nitrogen and oxygen atoms in total. The smallest absolute Gasteiger partial charge is 0.0899 e. The molecule has 0 aliphatic carbocycles. The molecule has 90 valence electrons. The fourth-order valence-corrected chi connectivity index (χ4v) is 1.21. The van der Waals surface area contributed by atoms with Crippen molar-refractivity contribution in [3.8, 4) is 0 Å². The second kappa shape index (κ2) is 9.09. The van der Waals surface area contributed by atoms with Crippen LogP contribution >= 0.6 is 0 Å². The summed E-state index contributed by atoms with van der Waals surface area (Å²) in [5.41, 5.74) is 0.948. The predicted octanol–water partition coefficient (Wildman–Crippen LogP) is 1.17. The van der Waals surface area contributed by atoms with Crippen LogP contribution in [0.15, 0.2) is 48.6 Å². The number of allylic oxidation sites excluding steroid dienone is 6. The van der Waals surface area contributed by atoms with E-state index < -0.39 is 6.10 Å². The average Bonchev–Trinajstić information content (AvgIpc) is 2.28. The van der Waals surface area contributed by atoms with E-state index in [2.05, 4.69) is 11.9 Å². The highest BCUT2D eigenvalue weighted by atomic mass is 16.3. The molecule has 0 aromatic heterocycles. The van der Waals surface area contributed by atoms with E-state index >= 15 is 0 Å². The maximum Gasteiger partial charge on any atom is 0.0899 e. The molecule has 0 aromatic rings. The minimum absolute atomic E-state index is 0.105. The highest BCUT2D eigenvalue weighted by molar-refractivity contribution is 5.33. The van der Waals surface area contributed by atoms with Crippen LogP contribution in [0.25, 0.3) is 0 Å². The van der Waals surface area contributed by atoms with Crippen LogP contribution in [0.4, 0.5) is 0 Å². The van der Waals surface area contributed by atoms with Crippen molar-refractivity contribution in [2.75, 3.05) is 13.7 Å². The standard InChI is InChI=1S/C13H21NO2/c1-4-6-11(7-5-2)8-9-13(16)12(10-15)14-3/h4-9,12-16H,1,10H2,2-3H3/b7-5-,9-8+,11-6+/t12?,13-/m0/s1. The molecule has 0 rings (SSSR count). The first kappa shape index (κ1) is 14.8. The third kappa shape index (κ3) is 5.66. The van der Waals surface area contributed by atoms with Gasteiger partial charge in [-0.1, -0.05) is 43.0 Å². The Balaban J connectivity index is 4.54. The summed E-state index contributed by atoms with van der Waals surface area (Å²) >= 11 is 0. The fraction of sp³-hybridized carbons (Fsp3) is 0.385. The summed E-state index contributed by atoms with van der Waals surface area (Å²) in [5.74, 6) is 0. The van der Waals surface area contributed by atoms with Crippen molar-refractivity contribution in [3.05, 3.63) is 48.6 Å². The van der Waals surface area contributed by atoms with Crippen molar-refractivity contribution in [1.82, 2.24) is 5.32 Å². The molecule has 0 spiro atoms. The van der Waals surface area contributed by atoms with E-state index in [1.54, 1.807) is 25.3 Å². The van der Waals surface area contributed by atoms with Gasteiger partial charge < -0.3 is 15.5 Å². The molecule has 0 heterocycles. The van der Waals surface area contributed by atoms with Gasteiger partial charge in [0.1, 0.15) is 0 Å². The maximum absolute atomic E-state index is 9.71. The van der Waals surface area contributed by atoms with E-state index in [-0.39, 0.29) is 12.6 Å². The van der Waals surface area contributed by atoms with Crippen LogP contribution in [0.5, 0.6) is 0 Å². The van der Waals surface area contributed by atoms with Crippen LogP contribution in [-0.2, 0) is 0 Å². The van der Waals surface area contributed by atoms with Crippen LogP contribution in [0.3, 0.4) is 0 Å². The van der Waals surface area contributed by atoms with Crippen molar-refractivity contribution >= 4 is 0 Å². The SMILES string of the molecule is C=C/C=C(\C=C/C)/C=C/[C@H](O)C(CO)NC. The molecule has 0 aromatic carbocycles. The Labute approximate surface area is 97.5 Å². The fourth-order valence-electron chi connectivity index (χ4n) is 1.21. The van der Waals surface area contributed by atoms with Gasteiger partial charge in [-0.25, -0.2) is 0 Å². The molecule has 0 amide bonds. The van der Waals surface area contributed by atoms with Gasteiger partial charge in [0.15, 0.2) is 0 Å². The number of hydrogen-bond acceptors (Lipinski definition) is 3. The molecular weight excluding hydrogens is 202 g/mol. The topological polar surface area (TPSA) is 52.5 Å². The number of rotatable bonds is 7. The second-order valence-corrected chi connectivity index (χ2v) is 3.33. The largest absolute Gasteiger partial charge is 0.395 e. The first-order valence-electron chi connectivity index (χ1n) is 5.29. The summed E-state index contributed by atoms with van der Waals surface area (Å²) in [6.45, 7) is 5.44. The first-order chi connectivity index (χ1) is 7.69. The minimum atomic E-state index is -0.714. The quantitative estimate of drug-likeness (QED) is 0.568. The third-order valence-corrected chi connectivity index (χ3v) is 2.14. The van der Waals surface area contributed by atoms with E-state index in [1.165, 1.54) is 0 Å². The molecule has 3 heteroatoms. The number of likely N-dealkylation sites (N-methyl/N-ethyl adjacent to an activating group) is 1. The van der Waals surface area contributed by atoms with E-state index in [1.807, 2.05) is 25.2 Å². The van der Waals surface area contributed by atoms with E-state index in [0.29, 0.717) is 0 Å². The Morgan fingerprint density at radius 1 is 1.44 bits per heavy atom. The lowest BCUT2D eigenvalue weighted by molar-refractivity contribution is 0.128. The predicted molar refractivity (Wildman–Crippen MR) is 68.2 cm³/mol. The Morgan fingerprint density at radius 2 is 2.12 bits per heavy atom. The van der Waals surface area contributed by atoms with Gasteiger partial charge in [-0.3, -0.25) is 0 Å². The van der Waals surface area contributed by atoms with E-state index in [0.717, 1.165) is 5.57 Å². The Kier molecular flexibility index (Phi) is 8.43. The zero-order chi connectivity index (χ0) is 12.4. The molecule has 16 heavy (non-hydrogen) atoms. The average molecular weight is 223 g/mol. The number of hydrogen-bond donors (Lipinski definition) is 3. The van der Waals surface area contributed by atoms with Gasteiger partial charge in [-0.15, -0.1) is 0 Å². The Morgan fingerprint density at radius 3 is 2.56 bits per heavy atom. The monoisotopic (exact) mass is 223 g/mol. The van der Waals surface area contributed by atoms with Crippen LogP contribution in [-0.4, -0.2) is 36.0 Å². The lowest BCUT2D eigenvalue weighted by Crippen LogP contribution is -2.39. The molecule has 0 bridgehead atoms. The van der Waals surface area contributed by atoms with Gasteiger partial charge in [-0.05, 0) is 19.5 Å². The van der Waals surface area contributed by atoms with E-state index in [9.17, 15) is 5.11 Å². The van der Waals surface area contributed by atoms with Crippen molar-refractivity contribution in [2.45, 2.75) is 19.1 Å². The summed E-state index contributed by atoms with van der Waals surface area (Å²) in [7, 11) is 1.70. The summed E-state index contributed by atoms with van der Waals surface area (Å²) in [5, 5.41) is 21.5. The summed E-state index contributed by atoms with van der Waals surface area (Å²) in [6.07, 6.45) is 10.1. The lowest BCUT2D eigenvalue weighted by atomic mass is 10.1. The van der Waals surface area contributed by atoms with Crippen LogP contribution in [0, 0.1) is 0 Å². The zero-order valence-electron chi connectivity index (χ0n) is 9.93. The van der Waals surface area contributed by atoms with E-state index in [4.69, 9.17) is 5.11 Å². The first-order valence-corrected chi connectivity index (χ1v) is 5.29. The third-order valence-electron chi connectivity index (χ3n) is 2.14. The minimum Gasteiger partial charge on any atom is -0.395 e. The van der Waals surface area contributed by atoms with Gasteiger partial charge >= 0.3 is 0 Å². The van der Waals surface area contributed by atoms with Crippen LogP contribution in [0.2, 0.25) is 0 Å². The summed E-state index contributed by atoms with van der Waals surface area (Å²) < 4.78 is 0. The van der Waals surface area contributed by atoms with Gasteiger partial charge in [0.2, 0.25) is 0 Å². The van der Waals surface area contributed by atoms with Crippen LogP contribution in [0.1, 0.15) is 6.92 Å². The highest BCUT2D eigenvalue weighted by Crippen LogP contribution is 2.03. The molecule has 1 unspecified atom stereocenters. The van der Waals surface area contributed by atoms with Crippen molar-refractivity contribution < 1.29 is 10.2 Å². The molecule has 3 N–H and O–H groups in total. The number of aliphatic hydroxyl groups excluding tert-OH is 2. The van der Waals surface area contributed by atoms with Gasteiger partial charge in [0.25, 0.3) is 0 Å². The van der Waals surface area contributed by atoms with Crippen molar-refractivity contribution in [2.24, 2.45) is 0 Å². The van der Waals surface area contributed by atoms with Crippen molar-refractivity contribution in [3.63, 3.8) is 0 Å². The van der Waals surface area contributed by atoms with Crippen molar-refractivity contribution in [1.29, 1.82) is 0 Å². The summed E-state index contributed by atoms with van der Waals surface area (Å²) in [6, 6.07) is -0.341. The number of aliphatic hydroxyl groups is 2. The Bertz CT molecular complexity index is 276. The van der Waals surface area contributed by atoms with Gasteiger partial charge in [0, 0.05) is 0 Å². The summed E-state index contributed by atoms with van der Waals surface area (Å²) in [4.78, 5) is 0. The maximum atomic E-state index is 9.71. The second-order valence-electron chi connectivity index (χ2n) is 3.33. The molecule has 0 aliphatic rings.